The number of fused-ring (bicyclic) bond motifs is 1. The number of H-pyrrole nitrogens is 1. The predicted molar refractivity (Wildman–Crippen MR) is 96.8 cm³/mol. The molecule has 0 bridgehead atoms. The summed E-state index contributed by atoms with van der Waals surface area (Å²) in [6, 6.07) is 7.88. The number of amides is 1. The van der Waals surface area contributed by atoms with Gasteiger partial charge in [-0.05, 0) is 55.7 Å². The maximum atomic E-state index is 12.7. The van der Waals surface area contributed by atoms with Gasteiger partial charge < -0.3 is 19.4 Å². The molecule has 2 aliphatic rings. The summed E-state index contributed by atoms with van der Waals surface area (Å²) in [4.78, 5) is 17.8. The zero-order chi connectivity index (χ0) is 17.1. The third-order valence-electron chi connectivity index (χ3n) is 5.32. The van der Waals surface area contributed by atoms with Crippen LogP contribution in [-0.2, 0) is 9.47 Å². The van der Waals surface area contributed by atoms with Crippen molar-refractivity contribution in [3.63, 3.8) is 0 Å². The first-order valence-electron chi connectivity index (χ1n) is 9.39. The molecule has 0 aliphatic carbocycles. The van der Waals surface area contributed by atoms with E-state index < -0.39 is 0 Å². The quantitative estimate of drug-likeness (QED) is 0.927. The number of hydrogen-bond acceptors (Lipinski definition) is 3. The van der Waals surface area contributed by atoms with Crippen molar-refractivity contribution in [1.82, 2.24) is 9.88 Å². The van der Waals surface area contributed by atoms with Gasteiger partial charge in [0.25, 0.3) is 5.91 Å². The Balaban J connectivity index is 1.28. The summed E-state index contributed by atoms with van der Waals surface area (Å²) in [7, 11) is 0. The molecule has 134 valence electrons. The fourth-order valence-electron chi connectivity index (χ4n) is 3.77. The molecule has 1 aromatic heterocycles. The first kappa shape index (κ1) is 16.6. The van der Waals surface area contributed by atoms with E-state index in [-0.39, 0.29) is 18.1 Å². The molecule has 0 saturated carbocycles. The second kappa shape index (κ2) is 7.58. The number of nitrogens with one attached hydrogen (secondary N) is 1. The fourth-order valence-corrected chi connectivity index (χ4v) is 3.77. The monoisotopic (exact) mass is 342 g/mol. The van der Waals surface area contributed by atoms with E-state index in [0.717, 1.165) is 55.4 Å². The lowest BCUT2D eigenvalue weighted by molar-refractivity contribution is -0.0733. The number of carbonyl (C=O) groups is 1. The molecule has 2 aliphatic heterocycles. The fraction of sp³-hybridized carbons (Fsp3) is 0.550. The summed E-state index contributed by atoms with van der Waals surface area (Å²) in [6.07, 6.45) is 7.75. The number of aromatic amines is 1. The van der Waals surface area contributed by atoms with Crippen LogP contribution in [0.1, 0.15) is 42.5 Å². The topological polar surface area (TPSA) is 54.6 Å². The van der Waals surface area contributed by atoms with Gasteiger partial charge >= 0.3 is 0 Å². The van der Waals surface area contributed by atoms with Crippen LogP contribution in [0.15, 0.2) is 30.5 Å². The molecule has 25 heavy (non-hydrogen) atoms. The highest BCUT2D eigenvalue weighted by molar-refractivity contribution is 5.97. The molecule has 0 radical (unpaired) electrons. The summed E-state index contributed by atoms with van der Waals surface area (Å²) < 4.78 is 11.8. The van der Waals surface area contributed by atoms with Gasteiger partial charge in [-0.2, -0.15) is 0 Å². The molecule has 1 N–H and O–H groups in total. The Kier molecular flexibility index (Phi) is 5.04. The van der Waals surface area contributed by atoms with Crippen LogP contribution < -0.4 is 0 Å². The number of ether oxygens (including phenoxy) is 2. The molecule has 5 heteroatoms. The summed E-state index contributed by atoms with van der Waals surface area (Å²) >= 11 is 0. The second-order valence-electron chi connectivity index (χ2n) is 7.09. The zero-order valence-electron chi connectivity index (χ0n) is 14.6. The largest absolute Gasteiger partial charge is 0.376 e. The lowest BCUT2D eigenvalue weighted by Gasteiger charge is -2.33. The highest BCUT2D eigenvalue weighted by Crippen LogP contribution is 2.20. The Morgan fingerprint density at radius 3 is 2.88 bits per heavy atom. The van der Waals surface area contributed by atoms with Crippen molar-refractivity contribution >= 4 is 16.8 Å². The summed E-state index contributed by atoms with van der Waals surface area (Å²) in [6.45, 7) is 3.09. The van der Waals surface area contributed by atoms with E-state index in [9.17, 15) is 4.79 Å². The summed E-state index contributed by atoms with van der Waals surface area (Å²) in [5.74, 6) is 0.116. The first-order valence-corrected chi connectivity index (χ1v) is 9.39. The molecule has 3 heterocycles. The van der Waals surface area contributed by atoms with Crippen LogP contribution in [0, 0.1) is 0 Å². The molecule has 1 unspecified atom stereocenters. The molecule has 5 nitrogen and oxygen atoms in total. The lowest BCUT2D eigenvalue weighted by atomic mass is 10.1. The van der Waals surface area contributed by atoms with Crippen LogP contribution in [0.3, 0.4) is 0 Å². The van der Waals surface area contributed by atoms with Crippen molar-refractivity contribution in [3.8, 4) is 0 Å². The molecule has 2 fully saturated rings. The Morgan fingerprint density at radius 2 is 2.08 bits per heavy atom. The average Bonchev–Trinajstić information content (AvgIpc) is 3.15. The molecule has 2 saturated heterocycles. The van der Waals surface area contributed by atoms with Gasteiger partial charge in [0.2, 0.25) is 0 Å². The Hall–Kier alpha value is -1.85. The van der Waals surface area contributed by atoms with Crippen molar-refractivity contribution in [3.05, 3.63) is 36.0 Å². The highest BCUT2D eigenvalue weighted by Gasteiger charge is 2.25. The SMILES string of the molecule is O=C(c1ccc2cc[nH]c2c1)N1CCC(OCC2CCCCO2)CC1. The number of hydrogen-bond donors (Lipinski definition) is 1. The number of aromatic nitrogens is 1. The summed E-state index contributed by atoms with van der Waals surface area (Å²) in [5, 5.41) is 1.13. The highest BCUT2D eigenvalue weighted by atomic mass is 16.5. The predicted octanol–water partition coefficient (Wildman–Crippen LogP) is 3.36. The van der Waals surface area contributed by atoms with Gasteiger partial charge in [-0.15, -0.1) is 0 Å². The van der Waals surface area contributed by atoms with Gasteiger partial charge in [-0.1, -0.05) is 6.07 Å². The minimum absolute atomic E-state index is 0.116. The van der Waals surface area contributed by atoms with Gasteiger partial charge in [0.05, 0.1) is 18.8 Å². The lowest BCUT2D eigenvalue weighted by Crippen LogP contribution is -2.41. The average molecular weight is 342 g/mol. The zero-order valence-corrected chi connectivity index (χ0v) is 14.6. The van der Waals surface area contributed by atoms with Crippen LogP contribution in [0.4, 0.5) is 0 Å². The van der Waals surface area contributed by atoms with Gasteiger partial charge in [0.1, 0.15) is 0 Å². The molecular weight excluding hydrogens is 316 g/mol. The maximum absolute atomic E-state index is 12.7. The molecule has 2 aromatic rings. The molecule has 1 atom stereocenters. The van der Waals surface area contributed by atoms with E-state index in [4.69, 9.17) is 9.47 Å². The number of benzene rings is 1. The third kappa shape index (κ3) is 3.88. The van der Waals surface area contributed by atoms with Crippen molar-refractivity contribution in [2.45, 2.75) is 44.3 Å². The van der Waals surface area contributed by atoms with E-state index >= 15 is 0 Å². The van der Waals surface area contributed by atoms with Crippen LogP contribution in [0.2, 0.25) is 0 Å². The minimum Gasteiger partial charge on any atom is -0.376 e. The van der Waals surface area contributed by atoms with E-state index in [1.807, 2.05) is 35.4 Å². The van der Waals surface area contributed by atoms with Gasteiger partial charge in [0.15, 0.2) is 0 Å². The van der Waals surface area contributed by atoms with Gasteiger partial charge in [-0.25, -0.2) is 0 Å². The molecule has 1 amide bonds. The molecule has 4 rings (SSSR count). The van der Waals surface area contributed by atoms with Crippen molar-refractivity contribution in [1.29, 1.82) is 0 Å². The smallest absolute Gasteiger partial charge is 0.253 e. The standard InChI is InChI=1S/C20H26N2O3/c23-20(16-5-4-15-6-9-21-19(15)13-16)22-10-7-17(8-11-22)25-14-18-3-1-2-12-24-18/h4-6,9,13,17-18,21H,1-3,7-8,10-12,14H2. The molecule has 0 spiro atoms. The number of rotatable bonds is 4. The Labute approximate surface area is 148 Å². The number of nitrogens with zero attached hydrogens (tertiary/aromatic N) is 1. The number of likely N-dealkylation sites (tertiary alicyclic amines) is 1. The molecular formula is C20H26N2O3. The van der Waals surface area contributed by atoms with Gasteiger partial charge in [-0.3, -0.25) is 4.79 Å². The van der Waals surface area contributed by atoms with E-state index in [1.54, 1.807) is 0 Å². The van der Waals surface area contributed by atoms with Crippen molar-refractivity contribution < 1.29 is 14.3 Å². The second-order valence-corrected chi connectivity index (χ2v) is 7.09. The Morgan fingerprint density at radius 1 is 1.20 bits per heavy atom. The first-order chi connectivity index (χ1) is 12.3. The van der Waals surface area contributed by atoms with Gasteiger partial charge in [0, 0.05) is 37.0 Å². The normalized spacial score (nSPS) is 22.4. The van der Waals surface area contributed by atoms with Crippen LogP contribution in [0.5, 0.6) is 0 Å². The van der Waals surface area contributed by atoms with Crippen LogP contribution in [-0.4, -0.2) is 54.3 Å². The third-order valence-corrected chi connectivity index (χ3v) is 5.32. The van der Waals surface area contributed by atoms with Crippen LogP contribution in [0.25, 0.3) is 10.9 Å². The van der Waals surface area contributed by atoms with Crippen molar-refractivity contribution in [2.24, 2.45) is 0 Å². The maximum Gasteiger partial charge on any atom is 0.253 e. The Bertz CT molecular complexity index is 713. The number of carbonyl (C=O) groups excluding carboxylic acids is 1. The van der Waals surface area contributed by atoms with Crippen LogP contribution >= 0.6 is 0 Å². The van der Waals surface area contributed by atoms with E-state index in [0.29, 0.717) is 6.61 Å². The molecule has 1 aromatic carbocycles. The minimum atomic E-state index is 0.116. The summed E-state index contributed by atoms with van der Waals surface area (Å²) in [5.41, 5.74) is 1.77. The number of piperidine rings is 1. The van der Waals surface area contributed by atoms with E-state index in [1.165, 1.54) is 12.8 Å². The van der Waals surface area contributed by atoms with Crippen molar-refractivity contribution in [2.75, 3.05) is 26.3 Å². The van der Waals surface area contributed by atoms with E-state index in [2.05, 4.69) is 4.98 Å².